The van der Waals surface area contributed by atoms with Crippen molar-refractivity contribution in [2.75, 3.05) is 13.2 Å². The molecule has 228 valence electrons. The molecule has 3 heterocycles. The van der Waals surface area contributed by atoms with Crippen LogP contribution in [0.15, 0.2) is 81.1 Å². The first kappa shape index (κ1) is 30.9. The van der Waals surface area contributed by atoms with E-state index in [2.05, 4.69) is 6.92 Å². The third-order valence-corrected chi connectivity index (χ3v) is 9.24. The lowest BCUT2D eigenvalue weighted by Crippen LogP contribution is -2.40. The molecule has 2 aromatic heterocycles. The van der Waals surface area contributed by atoms with E-state index < -0.39 is 23.9 Å². The van der Waals surface area contributed by atoms with Crippen LogP contribution in [0.25, 0.3) is 6.08 Å². The average Bonchev–Trinajstić information content (AvgIpc) is 3.76. The Balaban J connectivity index is 1.41. The number of amides is 2. The maximum atomic E-state index is 13.7. The maximum Gasteiger partial charge on any atom is 0.234 e. The number of thiophene rings is 1. The van der Waals surface area contributed by atoms with Gasteiger partial charge in [-0.05, 0) is 78.6 Å². The number of imide groups is 1. The number of nitrogens with zero attached hydrogens (tertiary/aromatic N) is 1. The first-order valence-corrected chi connectivity index (χ1v) is 15.8. The SMILES string of the molecule is CCC/C(=C\c1ccc(CO)o1)CC[C@@H](O)C1=C(COc2ccccc2)C[C@H]2C(=O)N(Cc3cccs3)C(=O)[C@H]2[C@H]1CO. The molecule has 3 N–H and O–H groups in total. The van der Waals surface area contributed by atoms with Crippen LogP contribution in [0.4, 0.5) is 0 Å². The maximum absolute atomic E-state index is 13.7. The number of likely N-dealkylation sites (tertiary alicyclic amines) is 1. The molecule has 9 heteroatoms. The summed E-state index contributed by atoms with van der Waals surface area (Å²) in [5, 5.41) is 33.6. The van der Waals surface area contributed by atoms with E-state index in [1.807, 2.05) is 60.0 Å². The Morgan fingerprint density at radius 1 is 1.09 bits per heavy atom. The Hall–Kier alpha value is -3.50. The highest BCUT2D eigenvalue weighted by Crippen LogP contribution is 2.47. The molecule has 0 spiro atoms. The zero-order valence-corrected chi connectivity index (χ0v) is 25.2. The van der Waals surface area contributed by atoms with Crippen molar-refractivity contribution in [1.29, 1.82) is 0 Å². The van der Waals surface area contributed by atoms with Gasteiger partial charge in [0.05, 0.1) is 31.1 Å². The van der Waals surface area contributed by atoms with Gasteiger partial charge in [0.2, 0.25) is 11.8 Å². The number of benzene rings is 1. The average molecular weight is 606 g/mol. The van der Waals surface area contributed by atoms with Gasteiger partial charge in [-0.1, -0.05) is 43.2 Å². The minimum atomic E-state index is -0.938. The van der Waals surface area contributed by atoms with Gasteiger partial charge in [0.1, 0.15) is 30.5 Å². The van der Waals surface area contributed by atoms with Gasteiger partial charge in [-0.25, -0.2) is 0 Å². The summed E-state index contributed by atoms with van der Waals surface area (Å²) in [4.78, 5) is 29.5. The third-order valence-electron chi connectivity index (χ3n) is 8.38. The molecule has 0 unspecified atom stereocenters. The number of rotatable bonds is 14. The first-order valence-electron chi connectivity index (χ1n) is 14.9. The van der Waals surface area contributed by atoms with Crippen LogP contribution in [0, 0.1) is 17.8 Å². The number of para-hydroxylation sites is 1. The summed E-state index contributed by atoms with van der Waals surface area (Å²) in [6.45, 7) is 1.91. The van der Waals surface area contributed by atoms with E-state index in [0.29, 0.717) is 42.1 Å². The second kappa shape index (κ2) is 14.3. The molecule has 1 aliphatic carbocycles. The number of allylic oxidation sites excluding steroid dienone is 1. The summed E-state index contributed by atoms with van der Waals surface area (Å²) in [7, 11) is 0. The minimum Gasteiger partial charge on any atom is -0.489 e. The number of carbonyl (C=O) groups is 2. The smallest absolute Gasteiger partial charge is 0.234 e. The van der Waals surface area contributed by atoms with Crippen molar-refractivity contribution in [3.8, 4) is 5.75 Å². The van der Waals surface area contributed by atoms with Crippen molar-refractivity contribution in [3.63, 3.8) is 0 Å². The number of aliphatic hydroxyl groups excluding tert-OH is 3. The van der Waals surface area contributed by atoms with Crippen molar-refractivity contribution in [3.05, 3.63) is 93.1 Å². The number of furan rings is 1. The number of aliphatic hydroxyl groups is 3. The Morgan fingerprint density at radius 2 is 1.91 bits per heavy atom. The van der Waals surface area contributed by atoms with Gasteiger partial charge in [0.15, 0.2) is 0 Å². The first-order chi connectivity index (χ1) is 20.9. The quantitative estimate of drug-likeness (QED) is 0.167. The van der Waals surface area contributed by atoms with Crippen LogP contribution in [0.5, 0.6) is 5.75 Å². The van der Waals surface area contributed by atoms with Crippen LogP contribution in [-0.2, 0) is 22.7 Å². The van der Waals surface area contributed by atoms with Gasteiger partial charge >= 0.3 is 0 Å². The Bertz CT molecular complexity index is 1440. The van der Waals surface area contributed by atoms with Crippen LogP contribution in [0.1, 0.15) is 55.4 Å². The van der Waals surface area contributed by atoms with Crippen LogP contribution in [0.2, 0.25) is 0 Å². The molecule has 5 rings (SSSR count). The highest BCUT2D eigenvalue weighted by Gasteiger charge is 2.54. The lowest BCUT2D eigenvalue weighted by molar-refractivity contribution is -0.140. The molecule has 1 aliphatic heterocycles. The molecule has 4 atom stereocenters. The largest absolute Gasteiger partial charge is 0.489 e. The lowest BCUT2D eigenvalue weighted by atomic mass is 9.68. The van der Waals surface area contributed by atoms with Gasteiger partial charge in [-0.15, -0.1) is 11.3 Å². The van der Waals surface area contributed by atoms with Gasteiger partial charge < -0.3 is 24.5 Å². The molecular weight excluding hydrogens is 566 g/mol. The highest BCUT2D eigenvalue weighted by molar-refractivity contribution is 7.09. The summed E-state index contributed by atoms with van der Waals surface area (Å²) in [5.41, 5.74) is 2.46. The Kier molecular flexibility index (Phi) is 10.3. The highest BCUT2D eigenvalue weighted by atomic mass is 32.1. The van der Waals surface area contributed by atoms with E-state index in [0.717, 1.165) is 28.9 Å². The predicted octanol–water partition coefficient (Wildman–Crippen LogP) is 5.35. The van der Waals surface area contributed by atoms with Crippen molar-refractivity contribution in [1.82, 2.24) is 4.90 Å². The van der Waals surface area contributed by atoms with Crippen LogP contribution in [0.3, 0.4) is 0 Å². The molecule has 2 aliphatic rings. The van der Waals surface area contributed by atoms with Gasteiger partial charge in [-0.3, -0.25) is 14.5 Å². The van der Waals surface area contributed by atoms with Crippen LogP contribution < -0.4 is 4.74 Å². The fourth-order valence-electron chi connectivity index (χ4n) is 6.38. The number of fused-ring (bicyclic) bond motifs is 1. The fourth-order valence-corrected chi connectivity index (χ4v) is 7.08. The zero-order chi connectivity index (χ0) is 30.3. The van der Waals surface area contributed by atoms with Gasteiger partial charge in [0.25, 0.3) is 0 Å². The van der Waals surface area contributed by atoms with Crippen molar-refractivity contribution < 1.29 is 34.1 Å². The summed E-state index contributed by atoms with van der Waals surface area (Å²) < 4.78 is 11.7. The number of ether oxygens (including phenoxy) is 1. The monoisotopic (exact) mass is 605 g/mol. The lowest BCUT2D eigenvalue weighted by Gasteiger charge is -2.36. The normalized spacial score (nSPS) is 21.4. The van der Waals surface area contributed by atoms with E-state index in [1.54, 1.807) is 6.07 Å². The van der Waals surface area contributed by atoms with E-state index in [9.17, 15) is 24.9 Å². The molecule has 1 saturated heterocycles. The van der Waals surface area contributed by atoms with E-state index >= 15 is 0 Å². The van der Waals surface area contributed by atoms with Gasteiger partial charge in [0, 0.05) is 10.8 Å². The van der Waals surface area contributed by atoms with E-state index in [-0.39, 0.29) is 38.2 Å². The minimum absolute atomic E-state index is 0.149. The number of carbonyl (C=O) groups excluding carboxylic acids is 2. The van der Waals surface area contributed by atoms with Crippen molar-refractivity contribution >= 4 is 29.2 Å². The summed E-state index contributed by atoms with van der Waals surface area (Å²) >= 11 is 1.49. The molecule has 0 saturated carbocycles. The van der Waals surface area contributed by atoms with Crippen LogP contribution >= 0.6 is 11.3 Å². The van der Waals surface area contributed by atoms with E-state index in [1.165, 1.54) is 16.2 Å². The topological polar surface area (TPSA) is 120 Å². The molecule has 1 fully saturated rings. The van der Waals surface area contributed by atoms with Gasteiger partial charge in [-0.2, -0.15) is 0 Å². The third kappa shape index (κ3) is 7.02. The van der Waals surface area contributed by atoms with Crippen molar-refractivity contribution in [2.24, 2.45) is 17.8 Å². The second-order valence-electron chi connectivity index (χ2n) is 11.2. The fraction of sp³-hybridized carbons (Fsp3) is 0.412. The van der Waals surface area contributed by atoms with Crippen LogP contribution in [-0.4, -0.2) is 51.4 Å². The molecule has 1 aromatic carbocycles. The number of hydrogen-bond acceptors (Lipinski definition) is 8. The molecule has 0 radical (unpaired) electrons. The Morgan fingerprint density at radius 3 is 2.58 bits per heavy atom. The number of hydrogen-bond donors (Lipinski definition) is 3. The van der Waals surface area contributed by atoms with Crippen molar-refractivity contribution in [2.45, 2.75) is 58.3 Å². The van der Waals surface area contributed by atoms with E-state index in [4.69, 9.17) is 9.15 Å². The summed E-state index contributed by atoms with van der Waals surface area (Å²) in [6, 6.07) is 16.7. The zero-order valence-electron chi connectivity index (χ0n) is 24.4. The Labute approximate surface area is 255 Å². The molecule has 3 aromatic rings. The second-order valence-corrected chi connectivity index (χ2v) is 12.2. The molecular formula is C34H39NO7S. The molecule has 0 bridgehead atoms. The standard InChI is InChI=1S/C34H39NO7S/c1-2-7-22(16-25-12-13-26(19-36)42-25)11-14-30(38)31-23(21-41-24-8-4-3-5-9-24)17-28-32(29(31)20-37)34(40)35(33(28)39)18-27-10-6-15-43-27/h3-6,8-10,12-13,15-16,28-30,32,36-38H,2,7,11,14,17-21H2,1H3/b22-16+/t28-,29+,30-,32-/m1/s1. The summed E-state index contributed by atoms with van der Waals surface area (Å²) in [6.07, 6.45) is 3.97. The predicted molar refractivity (Wildman–Crippen MR) is 164 cm³/mol. The molecule has 8 nitrogen and oxygen atoms in total. The molecule has 2 amide bonds. The molecule has 43 heavy (non-hydrogen) atoms. The summed E-state index contributed by atoms with van der Waals surface area (Å²) in [5.74, 6) is -0.758.